The van der Waals surface area contributed by atoms with Gasteiger partial charge in [-0.1, -0.05) is 12.1 Å². The highest BCUT2D eigenvalue weighted by Gasteiger charge is 2.08. The minimum absolute atomic E-state index is 0.259. The first kappa shape index (κ1) is 12.1. The van der Waals surface area contributed by atoms with Crippen LogP contribution < -0.4 is 11.1 Å². The van der Waals surface area contributed by atoms with Crippen molar-refractivity contribution in [2.24, 2.45) is 0 Å². The van der Waals surface area contributed by atoms with E-state index in [1.54, 1.807) is 18.2 Å². The second-order valence-electron chi connectivity index (χ2n) is 4.20. The van der Waals surface area contributed by atoms with E-state index < -0.39 is 0 Å². The largest absolute Gasteiger partial charge is 0.384 e. The molecule has 0 aliphatic carbocycles. The van der Waals surface area contributed by atoms with Crippen LogP contribution >= 0.6 is 0 Å². The predicted octanol–water partition coefficient (Wildman–Crippen LogP) is 2.53. The highest BCUT2D eigenvalue weighted by atomic mass is 16.1. The molecule has 0 radical (unpaired) electrons. The number of nitrogens with two attached hydrogens (primary N) is 1. The monoisotopic (exact) mass is 241 g/mol. The predicted molar refractivity (Wildman–Crippen MR) is 72.5 cm³/mol. The van der Waals surface area contributed by atoms with Gasteiger partial charge in [-0.15, -0.1) is 0 Å². The van der Waals surface area contributed by atoms with Crippen molar-refractivity contribution in [1.29, 1.82) is 0 Å². The van der Waals surface area contributed by atoms with Crippen molar-refractivity contribution < 1.29 is 4.79 Å². The quantitative estimate of drug-likeness (QED) is 0.849. The summed E-state index contributed by atoms with van der Waals surface area (Å²) in [6, 6.07) is 10.8. The lowest BCUT2D eigenvalue weighted by molar-refractivity contribution is 0.102. The van der Waals surface area contributed by atoms with Crippen LogP contribution in [0.2, 0.25) is 0 Å². The summed E-state index contributed by atoms with van der Waals surface area (Å²) in [4.78, 5) is 15.9. The van der Waals surface area contributed by atoms with E-state index in [0.29, 0.717) is 11.5 Å². The summed E-state index contributed by atoms with van der Waals surface area (Å²) in [5, 5.41) is 2.80. The van der Waals surface area contributed by atoms with Gasteiger partial charge in [0.1, 0.15) is 11.5 Å². The smallest absolute Gasteiger partial charge is 0.274 e. The Balaban J connectivity index is 2.18. The summed E-state index contributed by atoms with van der Waals surface area (Å²) < 4.78 is 0. The SMILES string of the molecule is Cc1ccc(NC(=O)c2cccc(N)n2)cc1C. The first-order valence-corrected chi connectivity index (χ1v) is 5.67. The Bertz CT molecular complexity index is 593. The molecule has 1 aromatic heterocycles. The van der Waals surface area contributed by atoms with Crippen molar-refractivity contribution in [1.82, 2.24) is 4.98 Å². The maximum Gasteiger partial charge on any atom is 0.274 e. The lowest BCUT2D eigenvalue weighted by Crippen LogP contribution is -2.14. The molecule has 92 valence electrons. The molecule has 2 rings (SSSR count). The molecule has 0 saturated heterocycles. The molecule has 1 heterocycles. The molecule has 1 aromatic carbocycles. The Kier molecular flexibility index (Phi) is 3.28. The Morgan fingerprint density at radius 1 is 1.17 bits per heavy atom. The molecule has 0 saturated carbocycles. The molecule has 0 bridgehead atoms. The fraction of sp³-hybridized carbons (Fsp3) is 0.143. The molecule has 0 spiro atoms. The third-order valence-electron chi connectivity index (χ3n) is 2.77. The first-order valence-electron chi connectivity index (χ1n) is 5.67. The average Bonchev–Trinajstić information content (AvgIpc) is 2.34. The summed E-state index contributed by atoms with van der Waals surface area (Å²) in [6.07, 6.45) is 0. The molecule has 0 fully saturated rings. The topological polar surface area (TPSA) is 68.0 Å². The van der Waals surface area contributed by atoms with Gasteiger partial charge in [0.05, 0.1) is 0 Å². The standard InChI is InChI=1S/C14H15N3O/c1-9-6-7-11(8-10(9)2)16-14(18)12-4-3-5-13(15)17-12/h3-8H,1-2H3,(H2,15,17)(H,16,18). The number of aromatic nitrogens is 1. The van der Waals surface area contributed by atoms with Crippen LogP contribution in [0.5, 0.6) is 0 Å². The van der Waals surface area contributed by atoms with Gasteiger partial charge < -0.3 is 11.1 Å². The van der Waals surface area contributed by atoms with Crippen molar-refractivity contribution in [3.05, 3.63) is 53.2 Å². The molecular formula is C14H15N3O. The van der Waals surface area contributed by atoms with Gasteiger partial charge in [0.15, 0.2) is 0 Å². The maximum absolute atomic E-state index is 11.9. The third-order valence-corrected chi connectivity index (χ3v) is 2.77. The molecule has 0 aliphatic rings. The van der Waals surface area contributed by atoms with Crippen molar-refractivity contribution >= 4 is 17.4 Å². The molecule has 0 aliphatic heterocycles. The van der Waals surface area contributed by atoms with Gasteiger partial charge in [0.25, 0.3) is 5.91 Å². The number of anilines is 2. The number of nitrogen functional groups attached to an aromatic ring is 1. The fourth-order valence-electron chi connectivity index (χ4n) is 1.59. The second kappa shape index (κ2) is 4.87. The molecule has 3 N–H and O–H groups in total. The fourth-order valence-corrected chi connectivity index (χ4v) is 1.59. The number of hydrogen-bond donors (Lipinski definition) is 2. The van der Waals surface area contributed by atoms with Crippen LogP contribution in [0, 0.1) is 13.8 Å². The van der Waals surface area contributed by atoms with Crippen LogP contribution in [-0.4, -0.2) is 10.9 Å². The van der Waals surface area contributed by atoms with Crippen LogP contribution in [0.15, 0.2) is 36.4 Å². The Morgan fingerprint density at radius 3 is 2.61 bits per heavy atom. The third kappa shape index (κ3) is 2.66. The van der Waals surface area contributed by atoms with Gasteiger partial charge in [0, 0.05) is 5.69 Å². The maximum atomic E-state index is 11.9. The minimum atomic E-state index is -0.259. The lowest BCUT2D eigenvalue weighted by atomic mass is 10.1. The Hall–Kier alpha value is -2.36. The second-order valence-corrected chi connectivity index (χ2v) is 4.20. The molecule has 0 atom stereocenters. The van der Waals surface area contributed by atoms with E-state index in [1.807, 2.05) is 32.0 Å². The number of rotatable bonds is 2. The van der Waals surface area contributed by atoms with Gasteiger partial charge in [0.2, 0.25) is 0 Å². The number of benzene rings is 1. The van der Waals surface area contributed by atoms with Crippen molar-refractivity contribution in [2.45, 2.75) is 13.8 Å². The number of pyridine rings is 1. The highest BCUT2D eigenvalue weighted by molar-refractivity contribution is 6.03. The van der Waals surface area contributed by atoms with Crippen molar-refractivity contribution in [2.75, 3.05) is 11.1 Å². The summed E-state index contributed by atoms with van der Waals surface area (Å²) in [5.74, 6) is 0.0771. The van der Waals surface area contributed by atoms with Gasteiger partial charge in [-0.05, 0) is 49.2 Å². The zero-order valence-electron chi connectivity index (χ0n) is 10.4. The number of carbonyl (C=O) groups is 1. The Labute approximate surface area is 106 Å². The van der Waals surface area contributed by atoms with Crippen LogP contribution in [-0.2, 0) is 0 Å². The van der Waals surface area contributed by atoms with E-state index in [-0.39, 0.29) is 5.91 Å². The number of carbonyl (C=O) groups excluding carboxylic acids is 1. The molecule has 18 heavy (non-hydrogen) atoms. The molecular weight excluding hydrogens is 226 g/mol. The summed E-state index contributed by atoms with van der Waals surface area (Å²) >= 11 is 0. The van der Waals surface area contributed by atoms with Gasteiger partial charge in [-0.3, -0.25) is 4.79 Å². The first-order chi connectivity index (χ1) is 8.56. The van der Waals surface area contributed by atoms with Crippen LogP contribution in [0.1, 0.15) is 21.6 Å². The van der Waals surface area contributed by atoms with Gasteiger partial charge >= 0.3 is 0 Å². The summed E-state index contributed by atoms with van der Waals surface area (Å²) in [7, 11) is 0. The summed E-state index contributed by atoms with van der Waals surface area (Å²) in [5.41, 5.74) is 8.94. The average molecular weight is 241 g/mol. The zero-order valence-corrected chi connectivity index (χ0v) is 10.4. The normalized spacial score (nSPS) is 10.1. The minimum Gasteiger partial charge on any atom is -0.384 e. The number of nitrogens with zero attached hydrogens (tertiary/aromatic N) is 1. The molecule has 0 unspecified atom stereocenters. The molecule has 4 heteroatoms. The number of amides is 1. The van der Waals surface area contributed by atoms with Crippen LogP contribution in [0.4, 0.5) is 11.5 Å². The van der Waals surface area contributed by atoms with E-state index >= 15 is 0 Å². The van der Waals surface area contributed by atoms with Gasteiger partial charge in [-0.25, -0.2) is 4.98 Å². The molecule has 4 nitrogen and oxygen atoms in total. The summed E-state index contributed by atoms with van der Waals surface area (Å²) in [6.45, 7) is 4.03. The lowest BCUT2D eigenvalue weighted by Gasteiger charge is -2.07. The van der Waals surface area contributed by atoms with Crippen LogP contribution in [0.3, 0.4) is 0 Å². The van der Waals surface area contributed by atoms with E-state index in [1.165, 1.54) is 5.56 Å². The molecule has 2 aromatic rings. The van der Waals surface area contributed by atoms with Crippen molar-refractivity contribution in [3.8, 4) is 0 Å². The number of hydrogen-bond acceptors (Lipinski definition) is 3. The van der Waals surface area contributed by atoms with Gasteiger partial charge in [-0.2, -0.15) is 0 Å². The Morgan fingerprint density at radius 2 is 1.94 bits per heavy atom. The van der Waals surface area contributed by atoms with E-state index in [4.69, 9.17) is 5.73 Å². The van der Waals surface area contributed by atoms with Crippen LogP contribution in [0.25, 0.3) is 0 Å². The molecule has 1 amide bonds. The van der Waals surface area contributed by atoms with Crippen molar-refractivity contribution in [3.63, 3.8) is 0 Å². The highest BCUT2D eigenvalue weighted by Crippen LogP contribution is 2.15. The number of aryl methyl sites for hydroxylation is 2. The zero-order chi connectivity index (χ0) is 13.1. The number of nitrogens with one attached hydrogen (secondary N) is 1. The van der Waals surface area contributed by atoms with E-state index in [2.05, 4.69) is 10.3 Å². The van der Waals surface area contributed by atoms with E-state index in [0.717, 1.165) is 11.3 Å². The van der Waals surface area contributed by atoms with E-state index in [9.17, 15) is 4.79 Å².